The van der Waals surface area contributed by atoms with Crippen LogP contribution < -0.4 is 10.2 Å². The van der Waals surface area contributed by atoms with Gasteiger partial charge in [-0.05, 0) is 74.4 Å². The summed E-state index contributed by atoms with van der Waals surface area (Å²) in [6.45, 7) is 7.36. The van der Waals surface area contributed by atoms with Crippen LogP contribution in [0, 0.1) is 20.8 Å². The number of nitrogens with one attached hydrogen (secondary N) is 1. The van der Waals surface area contributed by atoms with E-state index in [1.165, 1.54) is 28.1 Å². The van der Waals surface area contributed by atoms with Gasteiger partial charge in [0, 0.05) is 29.8 Å². The van der Waals surface area contributed by atoms with Crippen molar-refractivity contribution in [3.05, 3.63) is 119 Å². The first-order chi connectivity index (χ1) is 16.0. The molecule has 0 bridgehead atoms. The Labute approximate surface area is 200 Å². The summed E-state index contributed by atoms with van der Waals surface area (Å²) < 4.78 is 2.40. The predicted molar refractivity (Wildman–Crippen MR) is 139 cm³/mol. The minimum absolute atomic E-state index is 0.00540. The first-order valence-corrected chi connectivity index (χ1v) is 11.7. The summed E-state index contributed by atoms with van der Waals surface area (Å²) in [4.78, 5) is 6.94. The number of benzene rings is 2. The standard InChI is InChI=1S/C28H28N4S/c1-19-12-14-23(15-13-19)32-27(26(30-28(32)33)25-11-7-8-16-29-25)24-17-20(2)31(21(24)3)18-22-9-5-4-6-10-22/h4-17,26-27H,18H2,1-3H3,(H,30,33)/t26-,27+/m0/s1. The van der Waals surface area contributed by atoms with Crippen LogP contribution in [-0.2, 0) is 6.54 Å². The molecule has 5 rings (SSSR count). The Kier molecular flexibility index (Phi) is 5.73. The molecule has 4 aromatic rings. The van der Waals surface area contributed by atoms with Gasteiger partial charge in [-0.2, -0.15) is 0 Å². The third-order valence-electron chi connectivity index (χ3n) is 6.53. The Morgan fingerprint density at radius 2 is 1.64 bits per heavy atom. The molecule has 4 nitrogen and oxygen atoms in total. The lowest BCUT2D eigenvalue weighted by molar-refractivity contribution is 0.563. The lowest BCUT2D eigenvalue weighted by atomic mass is 9.96. The van der Waals surface area contributed by atoms with Gasteiger partial charge in [0.1, 0.15) is 0 Å². The third kappa shape index (κ3) is 4.05. The lowest BCUT2D eigenvalue weighted by Gasteiger charge is -2.28. The molecule has 5 heteroatoms. The molecule has 3 heterocycles. The van der Waals surface area contributed by atoms with Gasteiger partial charge in [-0.25, -0.2) is 0 Å². The van der Waals surface area contributed by atoms with Crippen LogP contribution >= 0.6 is 12.2 Å². The molecular weight excluding hydrogens is 424 g/mol. The van der Waals surface area contributed by atoms with E-state index in [-0.39, 0.29) is 12.1 Å². The topological polar surface area (TPSA) is 33.1 Å². The maximum Gasteiger partial charge on any atom is 0.174 e. The molecule has 1 saturated heterocycles. The Morgan fingerprint density at radius 1 is 0.909 bits per heavy atom. The fourth-order valence-electron chi connectivity index (χ4n) is 4.79. The molecule has 33 heavy (non-hydrogen) atoms. The number of hydrogen-bond acceptors (Lipinski definition) is 2. The van der Waals surface area contributed by atoms with Crippen molar-refractivity contribution in [2.24, 2.45) is 0 Å². The molecule has 2 aromatic carbocycles. The zero-order valence-corrected chi connectivity index (χ0v) is 20.0. The molecule has 2 atom stereocenters. The van der Waals surface area contributed by atoms with Crippen LogP contribution in [-0.4, -0.2) is 14.7 Å². The van der Waals surface area contributed by atoms with Crippen molar-refractivity contribution in [3.63, 3.8) is 0 Å². The van der Waals surface area contributed by atoms with E-state index >= 15 is 0 Å². The first kappa shape index (κ1) is 21.4. The van der Waals surface area contributed by atoms with Crippen LogP contribution in [0.4, 0.5) is 5.69 Å². The highest BCUT2D eigenvalue weighted by atomic mass is 32.1. The molecule has 0 radical (unpaired) electrons. The Morgan fingerprint density at radius 3 is 2.33 bits per heavy atom. The molecule has 0 amide bonds. The largest absolute Gasteiger partial charge is 0.351 e. The molecule has 0 unspecified atom stereocenters. The number of aromatic nitrogens is 2. The van der Waals surface area contributed by atoms with Crippen molar-refractivity contribution in [3.8, 4) is 0 Å². The van der Waals surface area contributed by atoms with E-state index in [4.69, 9.17) is 12.2 Å². The van der Waals surface area contributed by atoms with Crippen molar-refractivity contribution < 1.29 is 0 Å². The van der Waals surface area contributed by atoms with Crippen molar-refractivity contribution >= 4 is 23.0 Å². The fraction of sp³-hybridized carbons (Fsp3) is 0.214. The number of aryl methyl sites for hydroxylation is 2. The second-order valence-corrected chi connectivity index (χ2v) is 9.12. The number of rotatable bonds is 5. The first-order valence-electron chi connectivity index (χ1n) is 11.3. The minimum atomic E-state index is -0.0364. The van der Waals surface area contributed by atoms with Gasteiger partial charge >= 0.3 is 0 Å². The highest BCUT2D eigenvalue weighted by Crippen LogP contribution is 2.43. The highest BCUT2D eigenvalue weighted by molar-refractivity contribution is 7.80. The molecule has 0 spiro atoms. The van der Waals surface area contributed by atoms with Gasteiger partial charge in [-0.3, -0.25) is 4.98 Å². The van der Waals surface area contributed by atoms with Gasteiger partial charge in [0.2, 0.25) is 0 Å². The van der Waals surface area contributed by atoms with Crippen molar-refractivity contribution in [2.75, 3.05) is 4.90 Å². The van der Waals surface area contributed by atoms with Gasteiger partial charge in [0.15, 0.2) is 5.11 Å². The molecule has 1 N–H and O–H groups in total. The quantitative estimate of drug-likeness (QED) is 0.375. The maximum absolute atomic E-state index is 5.88. The monoisotopic (exact) mass is 452 g/mol. The van der Waals surface area contributed by atoms with Crippen molar-refractivity contribution in [2.45, 2.75) is 39.4 Å². The molecule has 2 aromatic heterocycles. The van der Waals surface area contributed by atoms with Crippen LogP contribution in [0.1, 0.15) is 45.9 Å². The summed E-state index contributed by atoms with van der Waals surface area (Å²) in [6, 6.07) is 27.6. The van der Waals surface area contributed by atoms with Crippen LogP contribution in [0.25, 0.3) is 0 Å². The SMILES string of the molecule is Cc1ccc(N2C(=S)N[C@@H](c3ccccn3)[C@H]2c2cc(C)n(Cc3ccccc3)c2C)cc1. The van der Waals surface area contributed by atoms with E-state index in [0.717, 1.165) is 23.0 Å². The van der Waals surface area contributed by atoms with Crippen LogP contribution in [0.15, 0.2) is 85.1 Å². The van der Waals surface area contributed by atoms with E-state index in [9.17, 15) is 0 Å². The zero-order chi connectivity index (χ0) is 22.9. The molecule has 1 aliphatic rings. The smallest absolute Gasteiger partial charge is 0.174 e. The van der Waals surface area contributed by atoms with Gasteiger partial charge in [0.05, 0.1) is 17.8 Å². The number of nitrogens with zero attached hydrogens (tertiary/aromatic N) is 3. The summed E-state index contributed by atoms with van der Waals surface area (Å²) >= 11 is 5.88. The number of hydrogen-bond donors (Lipinski definition) is 1. The minimum Gasteiger partial charge on any atom is -0.351 e. The summed E-state index contributed by atoms with van der Waals surface area (Å²) in [5.41, 5.74) is 8.38. The summed E-state index contributed by atoms with van der Waals surface area (Å²) in [5.74, 6) is 0. The normalized spacial score (nSPS) is 17.9. The van der Waals surface area contributed by atoms with E-state index in [0.29, 0.717) is 0 Å². The third-order valence-corrected chi connectivity index (χ3v) is 6.84. The van der Waals surface area contributed by atoms with Gasteiger partial charge < -0.3 is 14.8 Å². The Balaban J connectivity index is 1.62. The van der Waals surface area contributed by atoms with Crippen LogP contribution in [0.5, 0.6) is 0 Å². The average Bonchev–Trinajstić information content (AvgIpc) is 3.32. The van der Waals surface area contributed by atoms with Crippen molar-refractivity contribution in [1.82, 2.24) is 14.9 Å². The molecule has 0 aliphatic carbocycles. The lowest BCUT2D eigenvalue weighted by Crippen LogP contribution is -2.29. The number of anilines is 1. The van der Waals surface area contributed by atoms with Crippen molar-refractivity contribution in [1.29, 1.82) is 0 Å². The van der Waals surface area contributed by atoms with Gasteiger partial charge in [-0.15, -0.1) is 0 Å². The van der Waals surface area contributed by atoms with E-state index < -0.39 is 0 Å². The number of pyridine rings is 1. The van der Waals surface area contributed by atoms with Gasteiger partial charge in [0.25, 0.3) is 0 Å². The predicted octanol–water partition coefficient (Wildman–Crippen LogP) is 6.03. The molecule has 1 aliphatic heterocycles. The van der Waals surface area contributed by atoms with E-state index in [1.807, 2.05) is 18.3 Å². The van der Waals surface area contributed by atoms with Gasteiger partial charge in [-0.1, -0.05) is 54.1 Å². The Hall–Kier alpha value is -3.44. The molecule has 166 valence electrons. The highest BCUT2D eigenvalue weighted by Gasteiger charge is 2.42. The summed E-state index contributed by atoms with van der Waals surface area (Å²) in [6.07, 6.45) is 1.85. The summed E-state index contributed by atoms with van der Waals surface area (Å²) in [7, 11) is 0. The second kappa shape index (κ2) is 8.83. The average molecular weight is 453 g/mol. The fourth-order valence-corrected chi connectivity index (χ4v) is 5.14. The van der Waals surface area contributed by atoms with E-state index in [1.54, 1.807) is 0 Å². The van der Waals surface area contributed by atoms with Crippen LogP contribution in [0.3, 0.4) is 0 Å². The maximum atomic E-state index is 5.88. The molecule has 0 saturated carbocycles. The molecular formula is C28H28N4S. The number of thiocarbonyl (C=S) groups is 1. The van der Waals surface area contributed by atoms with E-state index in [2.05, 4.69) is 107 Å². The Bertz CT molecular complexity index is 1260. The van der Waals surface area contributed by atoms with Crippen LogP contribution in [0.2, 0.25) is 0 Å². The summed E-state index contributed by atoms with van der Waals surface area (Å²) in [5, 5.41) is 4.30. The second-order valence-electron chi connectivity index (χ2n) is 8.73. The zero-order valence-electron chi connectivity index (χ0n) is 19.2. The molecule has 1 fully saturated rings.